The number of halogens is 1. The van der Waals surface area contributed by atoms with Crippen LogP contribution in [0.3, 0.4) is 0 Å². The van der Waals surface area contributed by atoms with Gasteiger partial charge in [0.25, 0.3) is 0 Å². The highest BCUT2D eigenvalue weighted by Gasteiger charge is 2.29. The van der Waals surface area contributed by atoms with Crippen LogP contribution in [0.25, 0.3) is 0 Å². The molecule has 0 aliphatic heterocycles. The van der Waals surface area contributed by atoms with Crippen molar-refractivity contribution >= 4 is 15.7 Å². The highest BCUT2D eigenvalue weighted by Crippen LogP contribution is 2.26. The molecule has 0 aliphatic carbocycles. The molecular formula is C12H17FN2O5S. The zero-order chi connectivity index (χ0) is 16.2. The van der Waals surface area contributed by atoms with Crippen molar-refractivity contribution in [3.63, 3.8) is 0 Å². The molecular weight excluding hydrogens is 303 g/mol. The molecule has 2 N–H and O–H groups in total. The van der Waals surface area contributed by atoms with Gasteiger partial charge in [-0.05, 0) is 24.5 Å². The molecule has 0 aliphatic rings. The minimum absolute atomic E-state index is 0.160. The van der Waals surface area contributed by atoms with Crippen LogP contribution in [0.1, 0.15) is 20.3 Å². The highest BCUT2D eigenvalue weighted by molar-refractivity contribution is 7.89. The van der Waals surface area contributed by atoms with E-state index in [1.807, 2.05) is 13.8 Å². The van der Waals surface area contributed by atoms with Gasteiger partial charge in [0, 0.05) is 6.54 Å². The van der Waals surface area contributed by atoms with Crippen molar-refractivity contribution in [2.45, 2.75) is 31.3 Å². The fraction of sp³-hybridized carbons (Fsp3) is 0.500. The van der Waals surface area contributed by atoms with Crippen LogP contribution < -0.4 is 4.72 Å². The summed E-state index contributed by atoms with van der Waals surface area (Å²) in [7, 11) is -4.28. The summed E-state index contributed by atoms with van der Waals surface area (Å²) in [6.07, 6.45) is -0.555. The van der Waals surface area contributed by atoms with Crippen LogP contribution in [-0.2, 0) is 10.0 Å². The fourth-order valence-electron chi connectivity index (χ4n) is 1.80. The third-order valence-corrected chi connectivity index (χ3v) is 4.13. The van der Waals surface area contributed by atoms with Gasteiger partial charge in [0.05, 0.1) is 11.0 Å². The predicted octanol–water partition coefficient (Wildman–Crippen LogP) is 1.42. The lowest BCUT2D eigenvalue weighted by Crippen LogP contribution is -2.33. The summed E-state index contributed by atoms with van der Waals surface area (Å²) in [6, 6.07) is 2.82. The Morgan fingerprint density at radius 3 is 2.57 bits per heavy atom. The molecule has 0 heterocycles. The van der Waals surface area contributed by atoms with Gasteiger partial charge >= 0.3 is 5.69 Å². The molecule has 1 unspecified atom stereocenters. The summed E-state index contributed by atoms with van der Waals surface area (Å²) in [5.41, 5.74) is -1.11. The Bertz CT molecular complexity index is 618. The monoisotopic (exact) mass is 320 g/mol. The van der Waals surface area contributed by atoms with E-state index in [4.69, 9.17) is 0 Å². The van der Waals surface area contributed by atoms with E-state index in [1.54, 1.807) is 0 Å². The first kappa shape index (κ1) is 17.5. The van der Waals surface area contributed by atoms with E-state index in [-0.39, 0.29) is 12.5 Å². The Morgan fingerprint density at radius 2 is 2.05 bits per heavy atom. The van der Waals surface area contributed by atoms with Crippen molar-refractivity contribution in [2.75, 3.05) is 6.54 Å². The molecule has 0 radical (unpaired) electrons. The Kier molecular flexibility index (Phi) is 5.76. The molecule has 118 valence electrons. The lowest BCUT2D eigenvalue weighted by atomic mass is 10.1. The molecule has 1 aromatic carbocycles. The van der Waals surface area contributed by atoms with E-state index < -0.39 is 37.5 Å². The first-order valence-electron chi connectivity index (χ1n) is 6.25. The Hall–Kier alpha value is -1.58. The summed E-state index contributed by atoms with van der Waals surface area (Å²) < 4.78 is 39.5. The minimum Gasteiger partial charge on any atom is -0.392 e. The Labute approximate surface area is 122 Å². The number of benzene rings is 1. The van der Waals surface area contributed by atoms with Crippen molar-refractivity contribution in [2.24, 2.45) is 5.92 Å². The van der Waals surface area contributed by atoms with Gasteiger partial charge in [-0.2, -0.15) is 4.39 Å². The molecule has 1 aromatic rings. The average molecular weight is 320 g/mol. The summed E-state index contributed by atoms with van der Waals surface area (Å²) >= 11 is 0. The maximum absolute atomic E-state index is 13.4. The molecule has 7 nitrogen and oxygen atoms in total. The van der Waals surface area contributed by atoms with E-state index in [2.05, 4.69) is 4.72 Å². The number of sulfonamides is 1. The summed E-state index contributed by atoms with van der Waals surface area (Å²) in [5.74, 6) is -1.07. The number of nitro groups is 1. The number of nitrogens with one attached hydrogen (secondary N) is 1. The predicted molar refractivity (Wildman–Crippen MR) is 73.7 cm³/mol. The summed E-state index contributed by atoms with van der Waals surface area (Å²) in [6.45, 7) is 3.42. The van der Waals surface area contributed by atoms with Gasteiger partial charge < -0.3 is 5.11 Å². The van der Waals surface area contributed by atoms with Crippen LogP contribution in [0.15, 0.2) is 23.1 Å². The van der Waals surface area contributed by atoms with Gasteiger partial charge in [0.1, 0.15) is 0 Å². The average Bonchev–Trinajstić information content (AvgIpc) is 2.35. The maximum atomic E-state index is 13.4. The zero-order valence-corrected chi connectivity index (χ0v) is 12.4. The van der Waals surface area contributed by atoms with Crippen molar-refractivity contribution in [1.29, 1.82) is 0 Å². The van der Waals surface area contributed by atoms with Crippen molar-refractivity contribution in [3.05, 3.63) is 34.1 Å². The van der Waals surface area contributed by atoms with E-state index in [9.17, 15) is 28.0 Å². The number of hydrogen-bond acceptors (Lipinski definition) is 5. The Morgan fingerprint density at radius 1 is 1.43 bits per heavy atom. The van der Waals surface area contributed by atoms with Crippen molar-refractivity contribution in [3.8, 4) is 0 Å². The van der Waals surface area contributed by atoms with E-state index in [0.717, 1.165) is 18.2 Å². The fourth-order valence-corrected chi connectivity index (χ4v) is 3.05. The molecule has 0 saturated heterocycles. The first-order chi connectivity index (χ1) is 9.65. The molecule has 1 atom stereocenters. The molecule has 0 aromatic heterocycles. The van der Waals surface area contributed by atoms with Crippen LogP contribution in [0, 0.1) is 21.8 Å². The number of nitrogens with zero attached hydrogens (tertiary/aromatic N) is 1. The Balaban J connectivity index is 2.99. The molecule has 9 heteroatoms. The molecule has 0 fully saturated rings. The smallest absolute Gasteiger partial charge is 0.324 e. The highest BCUT2D eigenvalue weighted by atomic mass is 32.2. The molecule has 0 amide bonds. The number of para-hydroxylation sites is 1. The van der Waals surface area contributed by atoms with Crippen molar-refractivity contribution in [1.82, 2.24) is 4.72 Å². The summed E-state index contributed by atoms with van der Waals surface area (Å²) in [5, 5.41) is 20.4. The lowest BCUT2D eigenvalue weighted by Gasteiger charge is -2.14. The standard InChI is InChI=1S/C12H17FN2O5S/c1-8(2)6-9(16)7-14-21(19,20)11-5-3-4-10(13)12(11)15(17)18/h3-5,8-9,14,16H,6-7H2,1-2H3. The lowest BCUT2D eigenvalue weighted by molar-refractivity contribution is -0.390. The second kappa shape index (κ2) is 6.92. The first-order valence-corrected chi connectivity index (χ1v) is 7.74. The third kappa shape index (κ3) is 4.73. The molecule has 0 saturated carbocycles. The van der Waals surface area contributed by atoms with E-state index in [1.165, 1.54) is 0 Å². The topological polar surface area (TPSA) is 110 Å². The van der Waals surface area contributed by atoms with Crippen LogP contribution in [0.4, 0.5) is 10.1 Å². The number of aliphatic hydroxyl groups is 1. The summed E-state index contributed by atoms with van der Waals surface area (Å²) in [4.78, 5) is 8.95. The van der Waals surface area contributed by atoms with Gasteiger partial charge in [-0.1, -0.05) is 19.9 Å². The maximum Gasteiger partial charge on any atom is 0.324 e. The molecule has 0 spiro atoms. The number of nitro benzene ring substituents is 1. The minimum atomic E-state index is -4.28. The number of hydrogen-bond donors (Lipinski definition) is 2. The quantitative estimate of drug-likeness (QED) is 0.583. The number of rotatable bonds is 7. The second-order valence-electron chi connectivity index (χ2n) is 4.98. The SMILES string of the molecule is CC(C)CC(O)CNS(=O)(=O)c1cccc(F)c1[N+](=O)[O-]. The van der Waals surface area contributed by atoms with Gasteiger partial charge in [-0.15, -0.1) is 0 Å². The van der Waals surface area contributed by atoms with E-state index >= 15 is 0 Å². The van der Waals surface area contributed by atoms with Crippen molar-refractivity contribution < 1.29 is 22.8 Å². The molecule has 1 rings (SSSR count). The van der Waals surface area contributed by atoms with Crippen LogP contribution in [-0.4, -0.2) is 31.1 Å². The van der Waals surface area contributed by atoms with Gasteiger partial charge in [0.15, 0.2) is 4.90 Å². The normalized spacial score (nSPS) is 13.4. The van der Waals surface area contributed by atoms with E-state index in [0.29, 0.717) is 6.42 Å². The van der Waals surface area contributed by atoms with Crippen LogP contribution in [0.2, 0.25) is 0 Å². The van der Waals surface area contributed by atoms with Gasteiger partial charge in [0.2, 0.25) is 15.8 Å². The molecule has 21 heavy (non-hydrogen) atoms. The van der Waals surface area contributed by atoms with Crippen LogP contribution >= 0.6 is 0 Å². The third-order valence-electron chi connectivity index (χ3n) is 2.67. The zero-order valence-electron chi connectivity index (χ0n) is 11.6. The van der Waals surface area contributed by atoms with Gasteiger partial charge in [-0.25, -0.2) is 13.1 Å². The molecule has 0 bridgehead atoms. The second-order valence-corrected chi connectivity index (χ2v) is 6.71. The number of aliphatic hydroxyl groups excluding tert-OH is 1. The largest absolute Gasteiger partial charge is 0.392 e. The van der Waals surface area contributed by atoms with Gasteiger partial charge in [-0.3, -0.25) is 10.1 Å². The van der Waals surface area contributed by atoms with Crippen LogP contribution in [0.5, 0.6) is 0 Å².